The molecule has 0 saturated heterocycles. The van der Waals surface area contributed by atoms with Crippen molar-refractivity contribution in [2.24, 2.45) is 0 Å². The van der Waals surface area contributed by atoms with Crippen molar-refractivity contribution in [3.63, 3.8) is 0 Å². The van der Waals surface area contributed by atoms with E-state index in [1.165, 1.54) is 54.0 Å². The van der Waals surface area contributed by atoms with Gasteiger partial charge in [-0.2, -0.15) is 0 Å². The molecular weight excluding hydrogens is 510 g/mol. The number of benzene rings is 2. The molecule has 5 rings (SSSR count). The molecule has 27 heavy (non-hydrogen) atoms. The minimum absolute atomic E-state index is 0. The molecule has 0 unspecified atom stereocenters. The Morgan fingerprint density at radius 2 is 1.89 bits per heavy atom. The molecule has 0 aliphatic heterocycles. The molecule has 0 N–H and O–H groups in total. The van der Waals surface area contributed by atoms with Gasteiger partial charge in [0.25, 0.3) is 0 Å². The SMILES string of the molecule is Cc1c[c-]c(-c2cc(C3CCCCC3)ccn2)c2oc3ccccc3c12.[Ir]. The largest absolute Gasteiger partial charge is 0.501 e. The summed E-state index contributed by atoms with van der Waals surface area (Å²) in [5.74, 6) is 0.669. The van der Waals surface area contributed by atoms with E-state index in [9.17, 15) is 0 Å². The fraction of sp³-hybridized carbons (Fsp3) is 0.292. The van der Waals surface area contributed by atoms with Gasteiger partial charge in [0.1, 0.15) is 5.58 Å². The van der Waals surface area contributed by atoms with Gasteiger partial charge >= 0.3 is 0 Å². The van der Waals surface area contributed by atoms with Gasteiger partial charge < -0.3 is 9.40 Å². The van der Waals surface area contributed by atoms with Crippen molar-refractivity contribution >= 4 is 21.9 Å². The number of hydrogen-bond acceptors (Lipinski definition) is 2. The normalized spacial score (nSPS) is 15.1. The summed E-state index contributed by atoms with van der Waals surface area (Å²) >= 11 is 0. The zero-order chi connectivity index (χ0) is 17.5. The summed E-state index contributed by atoms with van der Waals surface area (Å²) in [7, 11) is 0. The number of rotatable bonds is 2. The molecule has 1 saturated carbocycles. The number of aryl methyl sites for hydroxylation is 1. The van der Waals surface area contributed by atoms with Crippen molar-refractivity contribution in [1.82, 2.24) is 4.98 Å². The summed E-state index contributed by atoms with van der Waals surface area (Å²) in [4.78, 5) is 4.66. The van der Waals surface area contributed by atoms with Gasteiger partial charge in [-0.15, -0.1) is 17.7 Å². The zero-order valence-corrected chi connectivity index (χ0v) is 17.8. The van der Waals surface area contributed by atoms with Crippen LogP contribution in [0.1, 0.15) is 49.1 Å². The van der Waals surface area contributed by atoms with Crippen LogP contribution in [0.5, 0.6) is 0 Å². The van der Waals surface area contributed by atoms with Crippen molar-refractivity contribution in [3.8, 4) is 11.3 Å². The van der Waals surface area contributed by atoms with Crippen LogP contribution in [0.4, 0.5) is 0 Å². The van der Waals surface area contributed by atoms with E-state index in [2.05, 4.69) is 48.3 Å². The summed E-state index contributed by atoms with van der Waals surface area (Å²) in [6, 6.07) is 18.2. The Morgan fingerprint density at radius 3 is 2.74 bits per heavy atom. The molecule has 0 spiro atoms. The quantitative estimate of drug-likeness (QED) is 0.265. The average molecular weight is 533 g/mol. The summed E-state index contributed by atoms with van der Waals surface area (Å²) in [6.45, 7) is 2.12. The van der Waals surface area contributed by atoms with E-state index in [-0.39, 0.29) is 20.1 Å². The summed E-state index contributed by atoms with van der Waals surface area (Å²) in [5.41, 5.74) is 6.37. The van der Waals surface area contributed by atoms with Gasteiger partial charge in [-0.3, -0.25) is 0 Å². The Kier molecular flexibility index (Phi) is 5.16. The Morgan fingerprint density at radius 1 is 1.07 bits per heavy atom. The van der Waals surface area contributed by atoms with E-state index >= 15 is 0 Å². The molecule has 0 amide bonds. The number of para-hydroxylation sites is 1. The van der Waals surface area contributed by atoms with Crippen molar-refractivity contribution in [1.29, 1.82) is 0 Å². The second kappa shape index (κ2) is 7.58. The molecule has 2 aromatic heterocycles. The van der Waals surface area contributed by atoms with Crippen LogP contribution in [0.2, 0.25) is 0 Å². The Labute approximate surface area is 173 Å². The molecule has 139 valence electrons. The van der Waals surface area contributed by atoms with Crippen LogP contribution in [0.25, 0.3) is 33.2 Å². The number of pyridine rings is 1. The zero-order valence-electron chi connectivity index (χ0n) is 15.4. The van der Waals surface area contributed by atoms with Crippen LogP contribution < -0.4 is 0 Å². The maximum Gasteiger partial charge on any atom is 0.120 e. The van der Waals surface area contributed by atoms with Crippen LogP contribution in [-0.4, -0.2) is 4.98 Å². The maximum atomic E-state index is 6.23. The van der Waals surface area contributed by atoms with Crippen molar-refractivity contribution in [2.75, 3.05) is 0 Å². The molecule has 2 nitrogen and oxygen atoms in total. The van der Waals surface area contributed by atoms with E-state index in [4.69, 9.17) is 4.42 Å². The standard InChI is InChI=1S/C24H22NO.Ir/c1-16-11-12-19(24-23(16)20-9-5-6-10-22(20)26-24)21-15-18(13-14-25-21)17-7-3-2-4-8-17;/h5-6,9-11,13-15,17H,2-4,7-8H2,1H3;/q-1;. The van der Waals surface area contributed by atoms with Gasteiger partial charge in [0.05, 0.1) is 5.58 Å². The molecule has 3 heteroatoms. The van der Waals surface area contributed by atoms with Gasteiger partial charge in [-0.1, -0.05) is 67.0 Å². The van der Waals surface area contributed by atoms with Gasteiger partial charge in [0, 0.05) is 31.7 Å². The molecule has 1 aliphatic rings. The number of aromatic nitrogens is 1. The summed E-state index contributed by atoms with van der Waals surface area (Å²) in [5, 5.41) is 2.35. The fourth-order valence-electron chi connectivity index (χ4n) is 4.39. The van der Waals surface area contributed by atoms with Gasteiger partial charge in [-0.25, -0.2) is 0 Å². The third-order valence-electron chi connectivity index (χ3n) is 5.77. The minimum atomic E-state index is 0. The van der Waals surface area contributed by atoms with Crippen LogP contribution in [0, 0.1) is 13.0 Å². The van der Waals surface area contributed by atoms with E-state index in [0.717, 1.165) is 22.4 Å². The molecule has 1 radical (unpaired) electrons. The molecule has 2 heterocycles. The first-order valence-corrected chi connectivity index (χ1v) is 9.60. The summed E-state index contributed by atoms with van der Waals surface area (Å²) < 4.78 is 6.23. The number of furan rings is 1. The van der Waals surface area contributed by atoms with E-state index in [1.54, 1.807) is 0 Å². The van der Waals surface area contributed by atoms with Crippen LogP contribution in [-0.2, 0) is 20.1 Å². The average Bonchev–Trinajstić information content (AvgIpc) is 3.09. The van der Waals surface area contributed by atoms with Crippen molar-refractivity contribution < 1.29 is 24.5 Å². The minimum Gasteiger partial charge on any atom is -0.501 e. The van der Waals surface area contributed by atoms with E-state index in [0.29, 0.717) is 5.92 Å². The predicted molar refractivity (Wildman–Crippen MR) is 106 cm³/mol. The van der Waals surface area contributed by atoms with Crippen molar-refractivity contribution in [2.45, 2.75) is 44.9 Å². The van der Waals surface area contributed by atoms with Crippen LogP contribution >= 0.6 is 0 Å². The Hall–Kier alpha value is -1.96. The first-order chi connectivity index (χ1) is 12.8. The predicted octanol–water partition coefficient (Wildman–Crippen LogP) is 6.80. The van der Waals surface area contributed by atoms with Crippen molar-refractivity contribution in [3.05, 3.63) is 65.9 Å². The molecule has 0 atom stereocenters. The third kappa shape index (κ3) is 3.24. The smallest absolute Gasteiger partial charge is 0.120 e. The Bertz CT molecular complexity index is 1090. The molecule has 4 aromatic rings. The molecule has 2 aromatic carbocycles. The monoisotopic (exact) mass is 533 g/mol. The topological polar surface area (TPSA) is 26.0 Å². The van der Waals surface area contributed by atoms with Gasteiger partial charge in [0.2, 0.25) is 0 Å². The third-order valence-corrected chi connectivity index (χ3v) is 5.77. The van der Waals surface area contributed by atoms with Crippen LogP contribution in [0.3, 0.4) is 0 Å². The summed E-state index contributed by atoms with van der Waals surface area (Å²) in [6.07, 6.45) is 8.59. The second-order valence-electron chi connectivity index (χ2n) is 7.46. The fourth-order valence-corrected chi connectivity index (χ4v) is 4.39. The van der Waals surface area contributed by atoms with E-state index < -0.39 is 0 Å². The first-order valence-electron chi connectivity index (χ1n) is 9.60. The molecular formula is C24H22IrNO-. The van der Waals surface area contributed by atoms with Gasteiger partial charge in [-0.05, 0) is 36.6 Å². The number of hydrogen-bond donors (Lipinski definition) is 0. The van der Waals surface area contributed by atoms with Crippen LogP contribution in [0.15, 0.2) is 53.1 Å². The maximum absolute atomic E-state index is 6.23. The second-order valence-corrected chi connectivity index (χ2v) is 7.46. The molecule has 1 aliphatic carbocycles. The number of fused-ring (bicyclic) bond motifs is 3. The Balaban J connectivity index is 0.00000180. The molecule has 1 fully saturated rings. The van der Waals surface area contributed by atoms with Gasteiger partial charge in [0.15, 0.2) is 0 Å². The van der Waals surface area contributed by atoms with E-state index in [1.807, 2.05) is 18.3 Å². The molecule has 0 bridgehead atoms. The number of nitrogens with zero attached hydrogens (tertiary/aromatic N) is 1. The first kappa shape index (κ1) is 18.4.